The number of fused-ring (bicyclic) bond motifs is 5. The minimum atomic E-state index is -0.944. The summed E-state index contributed by atoms with van der Waals surface area (Å²) in [6.45, 7) is 12.0. The Labute approximate surface area is 196 Å². The summed E-state index contributed by atoms with van der Waals surface area (Å²) < 4.78 is 11.4. The van der Waals surface area contributed by atoms with E-state index in [2.05, 4.69) is 32.9 Å². The second kappa shape index (κ2) is 6.94. The molecule has 1 aromatic heterocycles. The molecule has 0 bridgehead atoms. The van der Waals surface area contributed by atoms with Crippen molar-refractivity contribution in [2.45, 2.75) is 78.9 Å². The number of furan rings is 1. The molecule has 0 saturated heterocycles. The van der Waals surface area contributed by atoms with Gasteiger partial charge in [0.25, 0.3) is 0 Å². The molecule has 5 nitrogen and oxygen atoms in total. The lowest BCUT2D eigenvalue weighted by molar-refractivity contribution is -0.228. The molecule has 178 valence electrons. The van der Waals surface area contributed by atoms with E-state index in [4.69, 9.17) is 9.15 Å². The maximum atomic E-state index is 12.9. The van der Waals surface area contributed by atoms with Gasteiger partial charge in [-0.15, -0.1) is 0 Å². The first-order valence-electron chi connectivity index (χ1n) is 12.2. The summed E-state index contributed by atoms with van der Waals surface area (Å²) in [6, 6.07) is 2.05. The smallest absolute Gasteiger partial charge is 0.303 e. The zero-order valence-electron chi connectivity index (χ0n) is 20.6. The third kappa shape index (κ3) is 2.75. The van der Waals surface area contributed by atoms with Crippen molar-refractivity contribution in [2.75, 3.05) is 0 Å². The molecule has 0 radical (unpaired) electrons. The van der Waals surface area contributed by atoms with Crippen molar-refractivity contribution in [3.8, 4) is 0 Å². The average molecular weight is 453 g/mol. The fourth-order valence-corrected chi connectivity index (χ4v) is 8.81. The number of esters is 1. The van der Waals surface area contributed by atoms with Gasteiger partial charge in [0.05, 0.1) is 18.6 Å². The van der Waals surface area contributed by atoms with Gasteiger partial charge < -0.3 is 14.3 Å². The van der Waals surface area contributed by atoms with E-state index in [1.807, 2.05) is 26.2 Å². The van der Waals surface area contributed by atoms with Crippen LogP contribution in [0, 0.1) is 33.5 Å². The van der Waals surface area contributed by atoms with E-state index in [1.165, 1.54) is 18.1 Å². The van der Waals surface area contributed by atoms with Gasteiger partial charge in [-0.3, -0.25) is 9.59 Å². The maximum Gasteiger partial charge on any atom is 0.303 e. The Morgan fingerprint density at radius 2 is 1.94 bits per heavy atom. The van der Waals surface area contributed by atoms with Crippen molar-refractivity contribution in [2.24, 2.45) is 33.5 Å². The molecule has 0 spiro atoms. The summed E-state index contributed by atoms with van der Waals surface area (Å²) in [5, 5.41) is 11.9. The van der Waals surface area contributed by atoms with Crippen molar-refractivity contribution in [1.82, 2.24) is 0 Å². The molecule has 33 heavy (non-hydrogen) atoms. The number of hydrogen-bond donors (Lipinski definition) is 1. The summed E-state index contributed by atoms with van der Waals surface area (Å²) in [4.78, 5) is 25.2. The summed E-state index contributed by atoms with van der Waals surface area (Å²) in [5.41, 5.74) is 0.693. The van der Waals surface area contributed by atoms with Crippen LogP contribution >= 0.6 is 0 Å². The van der Waals surface area contributed by atoms with Crippen molar-refractivity contribution in [3.63, 3.8) is 0 Å². The van der Waals surface area contributed by atoms with Crippen LogP contribution in [0.3, 0.4) is 0 Å². The lowest BCUT2D eigenvalue weighted by atomic mass is 9.38. The molecule has 1 aromatic rings. The van der Waals surface area contributed by atoms with E-state index in [1.54, 1.807) is 12.3 Å². The van der Waals surface area contributed by atoms with E-state index < -0.39 is 34.4 Å². The highest BCUT2D eigenvalue weighted by atomic mass is 16.6. The first-order chi connectivity index (χ1) is 15.4. The van der Waals surface area contributed by atoms with Crippen LogP contribution in [0.2, 0.25) is 0 Å². The highest BCUT2D eigenvalue weighted by Crippen LogP contribution is 2.72. The molecule has 2 saturated carbocycles. The number of rotatable bonds is 2. The zero-order valence-corrected chi connectivity index (χ0v) is 20.6. The predicted octanol–water partition coefficient (Wildman–Crippen LogP) is 5.21. The monoisotopic (exact) mass is 452 g/mol. The minimum Gasteiger partial charge on any atom is -0.472 e. The third-order valence-electron chi connectivity index (χ3n) is 10.1. The largest absolute Gasteiger partial charge is 0.472 e. The normalized spacial score (nSPS) is 45.6. The Morgan fingerprint density at radius 3 is 2.58 bits per heavy atom. The van der Waals surface area contributed by atoms with Gasteiger partial charge in [0.15, 0.2) is 5.78 Å². The van der Waals surface area contributed by atoms with E-state index >= 15 is 0 Å². The van der Waals surface area contributed by atoms with Crippen LogP contribution in [0.25, 0.3) is 0 Å². The Kier molecular flexibility index (Phi) is 4.76. The number of allylic oxidation sites excluding steroid dienone is 3. The Balaban J connectivity index is 1.68. The molecule has 2 fully saturated rings. The van der Waals surface area contributed by atoms with Crippen LogP contribution in [0.15, 0.2) is 46.8 Å². The van der Waals surface area contributed by atoms with Crippen molar-refractivity contribution < 1.29 is 23.8 Å². The molecule has 1 heterocycles. The van der Waals surface area contributed by atoms with Crippen LogP contribution in [0.5, 0.6) is 0 Å². The number of aliphatic hydroxyl groups excluding tert-OH is 1. The van der Waals surface area contributed by atoms with Crippen LogP contribution < -0.4 is 0 Å². The third-order valence-corrected chi connectivity index (χ3v) is 10.1. The standard InChI is InChI=1S/C28H36O5/c1-16(29)33-24-22(31)23-25(2,3)21(30)10-13-27(23,5)20-9-12-26(4)18(17-11-14-32-15-17)7-8-19(26)28(20,24)6/h8,10-11,13-15,18,20,22-24,31H,7,9,12H2,1-6H3/t18-,20-,22+,23+,24+,26+,27+,28-/m0/s1. The van der Waals surface area contributed by atoms with Crippen LogP contribution in [0.1, 0.15) is 72.3 Å². The summed E-state index contributed by atoms with van der Waals surface area (Å²) in [7, 11) is 0. The zero-order chi connectivity index (χ0) is 24.0. The number of carbonyl (C=O) groups is 2. The van der Waals surface area contributed by atoms with Crippen LogP contribution in [-0.2, 0) is 14.3 Å². The van der Waals surface area contributed by atoms with E-state index in [0.717, 1.165) is 19.3 Å². The molecule has 0 aromatic carbocycles. The molecule has 0 unspecified atom stereocenters. The molecule has 4 aliphatic rings. The molecule has 4 aliphatic carbocycles. The van der Waals surface area contributed by atoms with Gasteiger partial charge in [0, 0.05) is 23.7 Å². The van der Waals surface area contributed by atoms with Gasteiger partial charge >= 0.3 is 5.97 Å². The van der Waals surface area contributed by atoms with Gasteiger partial charge in [0.1, 0.15) is 6.10 Å². The Hall–Kier alpha value is -2.14. The number of hydrogen-bond acceptors (Lipinski definition) is 5. The van der Waals surface area contributed by atoms with Gasteiger partial charge in [-0.05, 0) is 59.6 Å². The second-order valence-corrected chi connectivity index (χ2v) is 12.0. The molecule has 5 rings (SSSR count). The molecule has 0 amide bonds. The molecule has 5 heteroatoms. The van der Waals surface area contributed by atoms with Gasteiger partial charge in [-0.2, -0.15) is 0 Å². The van der Waals surface area contributed by atoms with Gasteiger partial charge in [-0.25, -0.2) is 0 Å². The molecular weight excluding hydrogens is 416 g/mol. The lowest BCUT2D eigenvalue weighted by Crippen LogP contribution is -2.70. The highest BCUT2D eigenvalue weighted by molar-refractivity contribution is 5.96. The molecular formula is C28H36O5. The summed E-state index contributed by atoms with van der Waals surface area (Å²) in [5.74, 6) is -0.273. The quantitative estimate of drug-likeness (QED) is 0.492. The van der Waals surface area contributed by atoms with E-state index in [-0.39, 0.29) is 23.0 Å². The molecule has 1 N–H and O–H groups in total. The summed E-state index contributed by atoms with van der Waals surface area (Å²) >= 11 is 0. The minimum absolute atomic E-state index is 0.0231. The average Bonchev–Trinajstić information content (AvgIpc) is 3.36. The van der Waals surface area contributed by atoms with Gasteiger partial charge in [-0.1, -0.05) is 52.3 Å². The first kappa shape index (κ1) is 22.6. The fourth-order valence-electron chi connectivity index (χ4n) is 8.81. The SMILES string of the molecule is CC(=O)O[C@@H]1[C@H](O)[C@@H]2C(C)(C)C(=O)C=C[C@]2(C)[C@@H]2CC[C@@]3(C)C(=CC[C@H]3c3ccoc3)[C@]12C. The Bertz CT molecular complexity index is 1050. The topological polar surface area (TPSA) is 76.7 Å². The predicted molar refractivity (Wildman–Crippen MR) is 124 cm³/mol. The number of ether oxygens (including phenoxy) is 1. The van der Waals surface area contributed by atoms with Crippen molar-refractivity contribution in [3.05, 3.63) is 48.0 Å². The van der Waals surface area contributed by atoms with E-state index in [0.29, 0.717) is 5.92 Å². The van der Waals surface area contributed by atoms with Crippen molar-refractivity contribution in [1.29, 1.82) is 0 Å². The fraction of sp³-hybridized carbons (Fsp3) is 0.643. The van der Waals surface area contributed by atoms with E-state index in [9.17, 15) is 14.7 Å². The van der Waals surface area contributed by atoms with Gasteiger partial charge in [0.2, 0.25) is 0 Å². The number of aliphatic hydroxyl groups is 1. The molecule has 0 aliphatic heterocycles. The maximum absolute atomic E-state index is 12.9. The lowest BCUT2D eigenvalue weighted by Gasteiger charge is -2.67. The highest BCUT2D eigenvalue weighted by Gasteiger charge is 2.71. The second-order valence-electron chi connectivity index (χ2n) is 12.0. The van der Waals surface area contributed by atoms with Crippen LogP contribution in [-0.4, -0.2) is 29.1 Å². The number of carbonyl (C=O) groups excluding carboxylic acids is 2. The van der Waals surface area contributed by atoms with Crippen molar-refractivity contribution >= 4 is 11.8 Å². The summed E-state index contributed by atoms with van der Waals surface area (Å²) in [6.07, 6.45) is 10.9. The number of ketones is 1. The first-order valence-corrected chi connectivity index (χ1v) is 12.2. The van der Waals surface area contributed by atoms with Crippen LogP contribution in [0.4, 0.5) is 0 Å². The molecule has 8 atom stereocenters. The Morgan fingerprint density at radius 1 is 1.21 bits per heavy atom.